The summed E-state index contributed by atoms with van der Waals surface area (Å²) < 4.78 is 0. The predicted molar refractivity (Wildman–Crippen MR) is 61.7 cm³/mol. The van der Waals surface area contributed by atoms with Crippen molar-refractivity contribution in [1.82, 2.24) is 4.90 Å². The zero-order valence-electron chi connectivity index (χ0n) is 10.2. The number of rotatable bonds is 4. The summed E-state index contributed by atoms with van der Waals surface area (Å²) in [7, 11) is 0. The maximum Gasteiger partial charge on any atom is 0.0590 e. The van der Waals surface area contributed by atoms with Crippen LogP contribution in [0.4, 0.5) is 0 Å². The molecule has 1 saturated heterocycles. The molecule has 1 aliphatic heterocycles. The van der Waals surface area contributed by atoms with E-state index in [4.69, 9.17) is 0 Å². The summed E-state index contributed by atoms with van der Waals surface area (Å²) in [5.74, 6) is 0.360. The first-order valence-corrected chi connectivity index (χ1v) is 6.02. The monoisotopic (exact) mass is 215 g/mol. The van der Waals surface area contributed by atoms with Crippen molar-refractivity contribution in [3.05, 3.63) is 0 Å². The largest absolute Gasteiger partial charge is 0.396 e. The Morgan fingerprint density at radius 3 is 2.60 bits per heavy atom. The standard InChI is InChI=1S/C12H25NO2/c1-4-12(3,9-14)8-13-6-5-11(15)10(2)7-13/h10-11,14-15H,4-9H2,1-3H3. The number of hydrogen-bond acceptors (Lipinski definition) is 3. The number of aliphatic hydroxyl groups is 2. The normalized spacial score (nSPS) is 32.6. The van der Waals surface area contributed by atoms with Gasteiger partial charge in [-0.15, -0.1) is 0 Å². The molecule has 0 aliphatic carbocycles. The van der Waals surface area contributed by atoms with E-state index in [1.54, 1.807) is 0 Å². The summed E-state index contributed by atoms with van der Waals surface area (Å²) in [4.78, 5) is 2.37. The SMILES string of the molecule is CCC(C)(CO)CN1CCC(O)C(C)C1. The molecule has 0 aromatic rings. The molecule has 1 aliphatic rings. The van der Waals surface area contributed by atoms with E-state index in [1.807, 2.05) is 0 Å². The Balaban J connectivity index is 2.45. The van der Waals surface area contributed by atoms with Crippen LogP contribution in [0.25, 0.3) is 0 Å². The van der Waals surface area contributed by atoms with Crippen LogP contribution in [0.2, 0.25) is 0 Å². The minimum atomic E-state index is -0.136. The van der Waals surface area contributed by atoms with Gasteiger partial charge in [-0.1, -0.05) is 20.8 Å². The van der Waals surface area contributed by atoms with Gasteiger partial charge < -0.3 is 15.1 Å². The molecule has 3 heteroatoms. The first kappa shape index (κ1) is 12.9. The quantitative estimate of drug-likeness (QED) is 0.738. The summed E-state index contributed by atoms with van der Waals surface area (Å²) >= 11 is 0. The molecule has 0 saturated carbocycles. The molecule has 0 bridgehead atoms. The third kappa shape index (κ3) is 3.44. The first-order chi connectivity index (χ1) is 7.00. The molecular formula is C12H25NO2. The highest BCUT2D eigenvalue weighted by molar-refractivity contribution is 4.82. The number of piperidine rings is 1. The molecule has 1 heterocycles. The van der Waals surface area contributed by atoms with Crippen molar-refractivity contribution in [3.8, 4) is 0 Å². The van der Waals surface area contributed by atoms with E-state index < -0.39 is 0 Å². The van der Waals surface area contributed by atoms with Crippen LogP contribution >= 0.6 is 0 Å². The van der Waals surface area contributed by atoms with Crippen molar-refractivity contribution in [2.24, 2.45) is 11.3 Å². The molecule has 0 spiro atoms. The molecule has 1 rings (SSSR count). The van der Waals surface area contributed by atoms with Gasteiger partial charge in [-0.2, -0.15) is 0 Å². The third-order valence-corrected chi connectivity index (χ3v) is 3.78. The van der Waals surface area contributed by atoms with Gasteiger partial charge in [0.2, 0.25) is 0 Å². The summed E-state index contributed by atoms with van der Waals surface area (Å²) in [5, 5.41) is 19.0. The molecule has 0 radical (unpaired) electrons. The molecule has 3 nitrogen and oxygen atoms in total. The minimum absolute atomic E-state index is 0.0159. The van der Waals surface area contributed by atoms with Crippen LogP contribution in [0.1, 0.15) is 33.6 Å². The highest BCUT2D eigenvalue weighted by Crippen LogP contribution is 2.25. The van der Waals surface area contributed by atoms with E-state index in [0.717, 1.165) is 32.5 Å². The van der Waals surface area contributed by atoms with Crippen LogP contribution in [0.3, 0.4) is 0 Å². The van der Waals surface area contributed by atoms with Crippen molar-refractivity contribution >= 4 is 0 Å². The molecule has 0 aromatic carbocycles. The minimum Gasteiger partial charge on any atom is -0.396 e. The number of aliphatic hydroxyl groups excluding tert-OH is 2. The van der Waals surface area contributed by atoms with Crippen molar-refractivity contribution in [1.29, 1.82) is 0 Å². The Morgan fingerprint density at radius 1 is 1.47 bits per heavy atom. The molecule has 90 valence electrons. The van der Waals surface area contributed by atoms with Crippen LogP contribution in [-0.2, 0) is 0 Å². The van der Waals surface area contributed by atoms with E-state index >= 15 is 0 Å². The lowest BCUT2D eigenvalue weighted by Gasteiger charge is -2.39. The van der Waals surface area contributed by atoms with Crippen molar-refractivity contribution < 1.29 is 10.2 Å². The summed E-state index contributed by atoms with van der Waals surface area (Å²) in [6.45, 7) is 9.45. The summed E-state index contributed by atoms with van der Waals surface area (Å²) in [5.41, 5.74) is 0.0159. The van der Waals surface area contributed by atoms with Gasteiger partial charge in [-0.3, -0.25) is 0 Å². The number of hydrogen-bond donors (Lipinski definition) is 2. The van der Waals surface area contributed by atoms with Crippen LogP contribution in [0.15, 0.2) is 0 Å². The molecular weight excluding hydrogens is 190 g/mol. The Labute approximate surface area is 93.1 Å². The van der Waals surface area contributed by atoms with Gasteiger partial charge in [0.1, 0.15) is 0 Å². The Kier molecular flexibility index (Phi) is 4.56. The van der Waals surface area contributed by atoms with Gasteiger partial charge in [0.15, 0.2) is 0 Å². The molecule has 1 fully saturated rings. The molecule has 3 atom stereocenters. The van der Waals surface area contributed by atoms with Crippen molar-refractivity contribution in [3.63, 3.8) is 0 Å². The van der Waals surface area contributed by atoms with E-state index in [1.165, 1.54) is 0 Å². The van der Waals surface area contributed by atoms with Crippen molar-refractivity contribution in [2.75, 3.05) is 26.2 Å². The van der Waals surface area contributed by atoms with Gasteiger partial charge in [0.05, 0.1) is 6.10 Å². The molecule has 0 amide bonds. The lowest BCUT2D eigenvalue weighted by molar-refractivity contribution is 0.00671. The topological polar surface area (TPSA) is 43.7 Å². The van der Waals surface area contributed by atoms with Gasteiger partial charge in [-0.05, 0) is 18.8 Å². The fourth-order valence-electron chi connectivity index (χ4n) is 2.18. The fourth-order valence-corrected chi connectivity index (χ4v) is 2.18. The lowest BCUT2D eigenvalue weighted by Crippen LogP contribution is -2.46. The summed E-state index contributed by atoms with van der Waals surface area (Å²) in [6, 6.07) is 0. The second-order valence-electron chi connectivity index (χ2n) is 5.39. The number of nitrogens with zero attached hydrogens (tertiary/aromatic N) is 1. The second-order valence-corrected chi connectivity index (χ2v) is 5.39. The molecule has 15 heavy (non-hydrogen) atoms. The third-order valence-electron chi connectivity index (χ3n) is 3.78. The summed E-state index contributed by atoms with van der Waals surface area (Å²) in [6.07, 6.45) is 1.73. The zero-order valence-corrected chi connectivity index (χ0v) is 10.2. The van der Waals surface area contributed by atoms with Gasteiger partial charge in [0.25, 0.3) is 0 Å². The molecule has 2 N–H and O–H groups in total. The van der Waals surface area contributed by atoms with Crippen LogP contribution in [-0.4, -0.2) is 47.5 Å². The molecule has 0 aromatic heterocycles. The van der Waals surface area contributed by atoms with E-state index in [0.29, 0.717) is 5.92 Å². The van der Waals surface area contributed by atoms with E-state index in [9.17, 15) is 10.2 Å². The first-order valence-electron chi connectivity index (χ1n) is 6.02. The van der Waals surface area contributed by atoms with Crippen LogP contribution in [0, 0.1) is 11.3 Å². The average Bonchev–Trinajstić information content (AvgIpc) is 2.23. The zero-order chi connectivity index (χ0) is 11.5. The maximum atomic E-state index is 9.63. The van der Waals surface area contributed by atoms with E-state index in [2.05, 4.69) is 25.7 Å². The van der Waals surface area contributed by atoms with Gasteiger partial charge in [-0.25, -0.2) is 0 Å². The van der Waals surface area contributed by atoms with Gasteiger partial charge >= 0.3 is 0 Å². The van der Waals surface area contributed by atoms with E-state index in [-0.39, 0.29) is 18.1 Å². The fraction of sp³-hybridized carbons (Fsp3) is 1.00. The highest BCUT2D eigenvalue weighted by Gasteiger charge is 2.29. The smallest absolute Gasteiger partial charge is 0.0590 e. The predicted octanol–water partition coefficient (Wildman–Crippen LogP) is 1.10. The Hall–Kier alpha value is -0.120. The second kappa shape index (κ2) is 5.28. The van der Waals surface area contributed by atoms with Gasteiger partial charge in [0, 0.05) is 31.7 Å². The Morgan fingerprint density at radius 2 is 2.13 bits per heavy atom. The average molecular weight is 215 g/mol. The van der Waals surface area contributed by atoms with Crippen molar-refractivity contribution in [2.45, 2.75) is 39.7 Å². The Bertz CT molecular complexity index is 192. The molecule has 3 unspecified atom stereocenters. The van der Waals surface area contributed by atoms with Crippen LogP contribution in [0.5, 0.6) is 0 Å². The van der Waals surface area contributed by atoms with Crippen LogP contribution < -0.4 is 0 Å². The maximum absolute atomic E-state index is 9.63. The highest BCUT2D eigenvalue weighted by atomic mass is 16.3. The number of likely N-dealkylation sites (tertiary alicyclic amines) is 1. The lowest BCUT2D eigenvalue weighted by atomic mass is 9.86.